The molecule has 11 nitrogen and oxygen atoms in total. The van der Waals surface area contributed by atoms with Gasteiger partial charge in [0.15, 0.2) is 0 Å². The van der Waals surface area contributed by atoms with E-state index in [9.17, 15) is 9.59 Å². The largest absolute Gasteiger partial charge is 0.500 e. The van der Waals surface area contributed by atoms with Crippen LogP contribution < -0.4 is 5.32 Å². The Labute approximate surface area is 268 Å². The van der Waals surface area contributed by atoms with Crippen molar-refractivity contribution in [1.29, 1.82) is 0 Å². The van der Waals surface area contributed by atoms with Crippen LogP contribution in [0.3, 0.4) is 0 Å². The summed E-state index contributed by atoms with van der Waals surface area (Å²) in [5, 5.41) is 2.71. The van der Waals surface area contributed by atoms with Gasteiger partial charge in [-0.1, -0.05) is 51.5 Å². The highest BCUT2D eigenvalue weighted by Gasteiger charge is 2.39. The van der Waals surface area contributed by atoms with Gasteiger partial charge in [-0.05, 0) is 54.4 Å². The standard InChI is InChI=1S/C32H63NO10Si/c1-8-31(34)43-30(7)27-39-29(6)26-38-28(5)25-36-23-21-33-32(35)37-22-19-17-15-13-12-14-16-18-20-24-44(40-9-2,41-10-3)42-11-4/h8,28-30H,1,9-27H2,2-7H3,(H,33,35). The molecule has 0 aromatic carbocycles. The third-order valence-corrected chi connectivity index (χ3v) is 9.69. The number of amides is 1. The SMILES string of the molecule is C=CC(=O)OC(C)COC(C)COC(C)COCCNC(=O)OCCCCCCCCCCC[Si](OCC)(OCC)OCC. The van der Waals surface area contributed by atoms with Gasteiger partial charge in [0.1, 0.15) is 6.10 Å². The number of nitrogens with one attached hydrogen (secondary N) is 1. The second kappa shape index (κ2) is 28.9. The molecule has 0 aliphatic heterocycles. The van der Waals surface area contributed by atoms with E-state index >= 15 is 0 Å². The highest BCUT2D eigenvalue weighted by molar-refractivity contribution is 6.60. The fourth-order valence-electron chi connectivity index (χ4n) is 4.35. The first-order chi connectivity index (χ1) is 21.2. The Hall–Kier alpha value is -1.54. The average Bonchev–Trinajstić information content (AvgIpc) is 2.99. The van der Waals surface area contributed by atoms with Gasteiger partial charge in [-0.3, -0.25) is 0 Å². The van der Waals surface area contributed by atoms with Gasteiger partial charge < -0.3 is 42.3 Å². The lowest BCUT2D eigenvalue weighted by molar-refractivity contribution is -0.147. The topological polar surface area (TPSA) is 120 Å². The first kappa shape index (κ1) is 42.5. The summed E-state index contributed by atoms with van der Waals surface area (Å²) in [5.74, 6) is -0.471. The number of carbonyl (C=O) groups excluding carboxylic acids is 2. The zero-order valence-corrected chi connectivity index (χ0v) is 29.5. The lowest BCUT2D eigenvalue weighted by Crippen LogP contribution is -2.45. The van der Waals surface area contributed by atoms with Crippen molar-refractivity contribution in [3.8, 4) is 0 Å². The second-order valence-corrected chi connectivity index (χ2v) is 13.5. The molecule has 0 saturated carbocycles. The van der Waals surface area contributed by atoms with E-state index in [-0.39, 0.29) is 24.9 Å². The van der Waals surface area contributed by atoms with Crippen LogP contribution in [0.1, 0.15) is 99.3 Å². The summed E-state index contributed by atoms with van der Waals surface area (Å²) in [6.45, 7) is 19.0. The Bertz CT molecular complexity index is 698. The van der Waals surface area contributed by atoms with E-state index in [1.54, 1.807) is 6.92 Å². The van der Waals surface area contributed by atoms with Crippen LogP contribution in [0, 0.1) is 0 Å². The van der Waals surface area contributed by atoms with Crippen LogP contribution in [0.5, 0.6) is 0 Å². The fraction of sp³-hybridized carbons (Fsp3) is 0.875. The molecule has 44 heavy (non-hydrogen) atoms. The maximum absolute atomic E-state index is 11.9. The summed E-state index contributed by atoms with van der Waals surface area (Å²) >= 11 is 0. The van der Waals surface area contributed by atoms with Crippen molar-refractivity contribution in [2.45, 2.75) is 124 Å². The van der Waals surface area contributed by atoms with Crippen molar-refractivity contribution in [2.75, 3.05) is 59.4 Å². The highest BCUT2D eigenvalue weighted by Crippen LogP contribution is 2.21. The number of hydrogen-bond acceptors (Lipinski definition) is 10. The van der Waals surface area contributed by atoms with Gasteiger partial charge in [-0.15, -0.1) is 0 Å². The molecule has 3 unspecified atom stereocenters. The summed E-state index contributed by atoms with van der Waals surface area (Å²) in [6, 6.07) is 0.896. The predicted molar refractivity (Wildman–Crippen MR) is 174 cm³/mol. The summed E-state index contributed by atoms with van der Waals surface area (Å²) in [7, 11) is -2.49. The molecule has 0 aliphatic rings. The zero-order chi connectivity index (χ0) is 32.9. The number of alkyl carbamates (subject to hydrolysis) is 1. The molecule has 0 bridgehead atoms. The van der Waals surface area contributed by atoms with Crippen molar-refractivity contribution in [1.82, 2.24) is 5.32 Å². The summed E-state index contributed by atoms with van der Waals surface area (Å²) in [6.07, 6.45) is 10.3. The van der Waals surface area contributed by atoms with Gasteiger partial charge in [0.05, 0.1) is 45.2 Å². The van der Waals surface area contributed by atoms with Crippen LogP contribution in [0.25, 0.3) is 0 Å². The van der Waals surface area contributed by atoms with E-state index in [0.29, 0.717) is 52.8 Å². The van der Waals surface area contributed by atoms with E-state index in [1.165, 1.54) is 32.1 Å². The van der Waals surface area contributed by atoms with Gasteiger partial charge >= 0.3 is 20.9 Å². The smallest absolute Gasteiger partial charge is 0.457 e. The van der Waals surface area contributed by atoms with Crippen molar-refractivity contribution in [3.63, 3.8) is 0 Å². The average molecular weight is 650 g/mol. The van der Waals surface area contributed by atoms with Crippen molar-refractivity contribution in [3.05, 3.63) is 12.7 Å². The second-order valence-electron chi connectivity index (χ2n) is 10.8. The minimum absolute atomic E-state index is 0.127. The third-order valence-electron chi connectivity index (χ3n) is 6.54. The number of rotatable bonds is 31. The third kappa shape index (κ3) is 24.7. The predicted octanol–water partition coefficient (Wildman–Crippen LogP) is 6.22. The first-order valence-electron chi connectivity index (χ1n) is 16.7. The lowest BCUT2D eigenvalue weighted by Gasteiger charge is -2.28. The van der Waals surface area contributed by atoms with Gasteiger partial charge in [-0.25, -0.2) is 9.59 Å². The number of ether oxygens (including phenoxy) is 5. The molecule has 260 valence electrons. The van der Waals surface area contributed by atoms with Crippen LogP contribution in [0.2, 0.25) is 6.04 Å². The Morgan fingerprint density at radius 3 is 1.75 bits per heavy atom. The molecule has 0 rings (SSSR count). The van der Waals surface area contributed by atoms with Gasteiger partial charge in [-0.2, -0.15) is 0 Å². The summed E-state index contributed by atoms with van der Waals surface area (Å²) in [5.41, 5.74) is 0. The summed E-state index contributed by atoms with van der Waals surface area (Å²) < 4.78 is 45.0. The molecule has 0 radical (unpaired) electrons. The van der Waals surface area contributed by atoms with E-state index in [2.05, 4.69) is 11.9 Å². The maximum Gasteiger partial charge on any atom is 0.500 e. The monoisotopic (exact) mass is 649 g/mol. The first-order valence-corrected chi connectivity index (χ1v) is 18.6. The van der Waals surface area contributed by atoms with Crippen LogP contribution >= 0.6 is 0 Å². The van der Waals surface area contributed by atoms with E-state index in [0.717, 1.165) is 37.8 Å². The van der Waals surface area contributed by atoms with Crippen molar-refractivity contribution < 1.29 is 46.6 Å². The molecule has 1 amide bonds. The maximum atomic E-state index is 11.9. The Kier molecular flexibility index (Phi) is 27.9. The molecule has 0 spiro atoms. The molecule has 0 aromatic heterocycles. The van der Waals surface area contributed by atoms with Crippen LogP contribution in [0.15, 0.2) is 12.7 Å². The van der Waals surface area contributed by atoms with Gasteiger partial charge in [0, 0.05) is 38.5 Å². The molecule has 0 saturated heterocycles. The van der Waals surface area contributed by atoms with E-state index < -0.39 is 20.9 Å². The molecule has 12 heteroatoms. The Balaban J connectivity index is 3.62. The molecular formula is C32H63NO10Si. The molecule has 0 aliphatic carbocycles. The zero-order valence-electron chi connectivity index (χ0n) is 28.5. The van der Waals surface area contributed by atoms with Crippen LogP contribution in [-0.2, 0) is 41.8 Å². The Morgan fingerprint density at radius 2 is 1.20 bits per heavy atom. The molecule has 3 atom stereocenters. The normalized spacial score (nSPS) is 13.7. The van der Waals surface area contributed by atoms with Gasteiger partial charge in [0.25, 0.3) is 0 Å². The van der Waals surface area contributed by atoms with Gasteiger partial charge in [0.2, 0.25) is 0 Å². The highest BCUT2D eigenvalue weighted by atomic mass is 28.4. The van der Waals surface area contributed by atoms with Crippen molar-refractivity contribution in [2.24, 2.45) is 0 Å². The number of esters is 1. The molecular weight excluding hydrogens is 586 g/mol. The Morgan fingerprint density at radius 1 is 0.705 bits per heavy atom. The molecule has 0 fully saturated rings. The number of unbranched alkanes of at least 4 members (excludes halogenated alkanes) is 8. The lowest BCUT2D eigenvalue weighted by atomic mass is 10.1. The van der Waals surface area contributed by atoms with Crippen LogP contribution in [0.4, 0.5) is 4.79 Å². The van der Waals surface area contributed by atoms with E-state index in [4.69, 9.17) is 37.0 Å². The fourth-order valence-corrected chi connectivity index (χ4v) is 7.03. The number of hydrogen-bond donors (Lipinski definition) is 1. The molecule has 1 N–H and O–H groups in total. The minimum Gasteiger partial charge on any atom is -0.457 e. The summed E-state index contributed by atoms with van der Waals surface area (Å²) in [4.78, 5) is 23.0. The van der Waals surface area contributed by atoms with Crippen molar-refractivity contribution >= 4 is 20.9 Å². The van der Waals surface area contributed by atoms with E-state index in [1.807, 2.05) is 34.6 Å². The quantitative estimate of drug-likeness (QED) is 0.0401. The number of carbonyl (C=O) groups is 2. The minimum atomic E-state index is -2.49. The van der Waals surface area contributed by atoms with Crippen LogP contribution in [-0.4, -0.2) is 98.6 Å². The molecule has 0 heterocycles. The molecule has 0 aromatic rings.